The van der Waals surface area contributed by atoms with Crippen LogP contribution in [0.25, 0.3) is 0 Å². The highest BCUT2D eigenvalue weighted by Crippen LogP contribution is 2.21. The molecule has 1 aromatic carbocycles. The summed E-state index contributed by atoms with van der Waals surface area (Å²) >= 11 is 0. The van der Waals surface area contributed by atoms with Crippen molar-refractivity contribution in [3.63, 3.8) is 0 Å². The van der Waals surface area contributed by atoms with Crippen LogP contribution in [0.1, 0.15) is 24.9 Å². The first kappa shape index (κ1) is 14.8. The lowest BCUT2D eigenvalue weighted by Gasteiger charge is -2.38. The van der Waals surface area contributed by atoms with E-state index in [0.717, 1.165) is 10.5 Å². The Kier molecular flexibility index (Phi) is 4.39. The first-order chi connectivity index (χ1) is 10.0. The van der Waals surface area contributed by atoms with E-state index in [4.69, 9.17) is 11.6 Å². The molecule has 1 aliphatic rings. The number of hydrazine groups is 1. The molecule has 0 spiro atoms. The number of nitrogens with two attached hydrogens (primary N) is 2. The van der Waals surface area contributed by atoms with Gasteiger partial charge in [0.25, 0.3) is 0 Å². The lowest BCUT2D eigenvalue weighted by Crippen LogP contribution is -2.63. The predicted molar refractivity (Wildman–Crippen MR) is 77.6 cm³/mol. The number of hydrazone groups is 1. The van der Waals surface area contributed by atoms with Crippen molar-refractivity contribution in [2.75, 3.05) is 0 Å². The number of amides is 3. The molecule has 112 valence electrons. The maximum absolute atomic E-state index is 12.2. The van der Waals surface area contributed by atoms with Crippen molar-refractivity contribution >= 4 is 17.8 Å². The van der Waals surface area contributed by atoms with Crippen molar-refractivity contribution in [1.82, 2.24) is 15.8 Å². The molecule has 1 fully saturated rings. The van der Waals surface area contributed by atoms with Crippen LogP contribution in [0.5, 0.6) is 0 Å². The lowest BCUT2D eigenvalue weighted by atomic mass is 10.0. The van der Waals surface area contributed by atoms with Gasteiger partial charge in [-0.1, -0.05) is 30.3 Å². The molecule has 1 saturated heterocycles. The standard InChI is InChI=1S/C13H18N6O2/c1-8(9-5-3-2-4-6-9)16-13(21)19-10(7-11(19)20)12(14)17-18-15/h2-6,8,10,18H,7,15H2,1H3,(H2,14,17)(H,16,21)/t8?,10-/m0/s1. The highest BCUT2D eigenvalue weighted by Gasteiger charge is 2.43. The van der Waals surface area contributed by atoms with Gasteiger partial charge in [0.1, 0.15) is 11.9 Å². The fourth-order valence-electron chi connectivity index (χ4n) is 2.14. The van der Waals surface area contributed by atoms with E-state index in [-0.39, 0.29) is 24.2 Å². The zero-order valence-electron chi connectivity index (χ0n) is 11.6. The van der Waals surface area contributed by atoms with E-state index in [1.807, 2.05) is 37.3 Å². The summed E-state index contributed by atoms with van der Waals surface area (Å²) in [6, 6.07) is 8.17. The highest BCUT2D eigenvalue weighted by molar-refractivity contribution is 6.08. The third-order valence-electron chi connectivity index (χ3n) is 3.34. The van der Waals surface area contributed by atoms with Crippen LogP contribution >= 0.6 is 0 Å². The van der Waals surface area contributed by atoms with E-state index in [0.29, 0.717) is 0 Å². The summed E-state index contributed by atoms with van der Waals surface area (Å²) < 4.78 is 0. The fraction of sp³-hybridized carbons (Fsp3) is 0.308. The summed E-state index contributed by atoms with van der Waals surface area (Å²) in [6.07, 6.45) is 0.143. The Morgan fingerprint density at radius 2 is 2.10 bits per heavy atom. The van der Waals surface area contributed by atoms with Crippen molar-refractivity contribution in [3.05, 3.63) is 35.9 Å². The monoisotopic (exact) mass is 290 g/mol. The van der Waals surface area contributed by atoms with E-state index in [1.165, 1.54) is 0 Å². The number of nitrogens with one attached hydrogen (secondary N) is 2. The SMILES string of the molecule is CC(NC(=O)N1C(=O)C[C@H]1/C(N)=N/NN)c1ccccc1. The third kappa shape index (κ3) is 3.11. The Bertz CT molecular complexity index is 559. The van der Waals surface area contributed by atoms with Gasteiger partial charge in [-0.3, -0.25) is 9.69 Å². The lowest BCUT2D eigenvalue weighted by molar-refractivity contribution is -0.137. The number of amidine groups is 1. The molecule has 8 nitrogen and oxygen atoms in total. The van der Waals surface area contributed by atoms with Gasteiger partial charge in [-0.2, -0.15) is 0 Å². The van der Waals surface area contributed by atoms with Crippen LogP contribution in [0.3, 0.4) is 0 Å². The molecule has 1 heterocycles. The average Bonchev–Trinajstić information content (AvgIpc) is 2.45. The summed E-state index contributed by atoms with van der Waals surface area (Å²) in [5, 5.41) is 6.36. The van der Waals surface area contributed by atoms with Gasteiger partial charge in [-0.15, -0.1) is 5.10 Å². The Morgan fingerprint density at radius 1 is 1.43 bits per heavy atom. The number of likely N-dealkylation sites (tertiary alicyclic amines) is 1. The van der Waals surface area contributed by atoms with Crippen LogP contribution in [0.15, 0.2) is 35.4 Å². The second kappa shape index (κ2) is 6.23. The predicted octanol–water partition coefficient (Wildman–Crippen LogP) is -0.206. The largest absolute Gasteiger partial charge is 0.384 e. The number of nitrogens with zero attached hydrogens (tertiary/aromatic N) is 2. The number of carbonyl (C=O) groups excluding carboxylic acids is 2. The van der Waals surface area contributed by atoms with E-state index < -0.39 is 12.1 Å². The summed E-state index contributed by atoms with van der Waals surface area (Å²) in [7, 11) is 0. The van der Waals surface area contributed by atoms with Crippen LogP contribution in [0.4, 0.5) is 4.79 Å². The van der Waals surface area contributed by atoms with Crippen LogP contribution in [0, 0.1) is 0 Å². The van der Waals surface area contributed by atoms with E-state index >= 15 is 0 Å². The molecule has 1 aliphatic heterocycles. The first-order valence-electron chi connectivity index (χ1n) is 6.50. The molecule has 0 radical (unpaired) electrons. The molecule has 0 saturated carbocycles. The Balaban J connectivity index is 2.02. The Morgan fingerprint density at radius 3 is 2.67 bits per heavy atom. The number of benzene rings is 1. The number of β-lactam (4-membered cyclic amide) rings is 1. The first-order valence-corrected chi connectivity index (χ1v) is 6.50. The summed E-state index contributed by atoms with van der Waals surface area (Å²) in [6.45, 7) is 1.84. The van der Waals surface area contributed by atoms with Gasteiger partial charge in [-0.25, -0.2) is 16.2 Å². The van der Waals surface area contributed by atoms with Crippen LogP contribution in [-0.2, 0) is 4.79 Å². The number of urea groups is 1. The molecule has 1 aromatic rings. The highest BCUT2D eigenvalue weighted by atomic mass is 16.2. The van der Waals surface area contributed by atoms with Crippen molar-refractivity contribution < 1.29 is 9.59 Å². The van der Waals surface area contributed by atoms with Crippen molar-refractivity contribution in [2.45, 2.75) is 25.4 Å². The van der Waals surface area contributed by atoms with E-state index in [2.05, 4.69) is 16.0 Å². The fourth-order valence-corrected chi connectivity index (χ4v) is 2.14. The summed E-state index contributed by atoms with van der Waals surface area (Å²) in [5.74, 6) is 4.84. The van der Waals surface area contributed by atoms with Gasteiger partial charge >= 0.3 is 6.03 Å². The number of hydrogen-bond donors (Lipinski definition) is 4. The van der Waals surface area contributed by atoms with Crippen molar-refractivity contribution in [3.8, 4) is 0 Å². The Labute approximate surface area is 122 Å². The molecule has 8 heteroatoms. The molecule has 0 aliphatic carbocycles. The van der Waals surface area contributed by atoms with Gasteiger partial charge in [-0.05, 0) is 12.5 Å². The molecular formula is C13H18N6O2. The van der Waals surface area contributed by atoms with E-state index in [9.17, 15) is 9.59 Å². The molecule has 21 heavy (non-hydrogen) atoms. The number of imide groups is 1. The van der Waals surface area contributed by atoms with Crippen LogP contribution in [-0.4, -0.2) is 28.7 Å². The number of rotatable bonds is 4. The minimum Gasteiger partial charge on any atom is -0.384 e. The number of carbonyl (C=O) groups is 2. The molecule has 3 amide bonds. The van der Waals surface area contributed by atoms with Gasteiger partial charge in [0.2, 0.25) is 5.91 Å². The third-order valence-corrected chi connectivity index (χ3v) is 3.34. The molecule has 0 aromatic heterocycles. The molecular weight excluding hydrogens is 272 g/mol. The molecule has 6 N–H and O–H groups in total. The Hall–Kier alpha value is -2.61. The molecule has 0 bridgehead atoms. The van der Waals surface area contributed by atoms with Gasteiger partial charge in [0, 0.05) is 0 Å². The number of hydrogen-bond acceptors (Lipinski definition) is 5. The quantitative estimate of drug-likeness (QED) is 0.201. The van der Waals surface area contributed by atoms with Crippen LogP contribution in [0.2, 0.25) is 0 Å². The molecule has 2 atom stereocenters. The van der Waals surface area contributed by atoms with E-state index in [1.54, 1.807) is 0 Å². The maximum atomic E-state index is 12.2. The second-order valence-electron chi connectivity index (χ2n) is 4.73. The van der Waals surface area contributed by atoms with Crippen molar-refractivity contribution in [2.24, 2.45) is 16.7 Å². The van der Waals surface area contributed by atoms with Crippen LogP contribution < -0.4 is 22.4 Å². The van der Waals surface area contributed by atoms with Gasteiger partial charge in [0.15, 0.2) is 0 Å². The topological polar surface area (TPSA) is 126 Å². The smallest absolute Gasteiger partial charge is 0.325 e. The zero-order chi connectivity index (χ0) is 15.4. The normalized spacial score (nSPS) is 19.7. The minimum absolute atomic E-state index is 0.0969. The minimum atomic E-state index is -0.559. The molecule has 1 unspecified atom stereocenters. The summed E-state index contributed by atoms with van der Waals surface area (Å²) in [4.78, 5) is 24.8. The zero-order valence-corrected chi connectivity index (χ0v) is 11.6. The second-order valence-corrected chi connectivity index (χ2v) is 4.73. The van der Waals surface area contributed by atoms with Gasteiger partial charge in [0.05, 0.1) is 12.5 Å². The average molecular weight is 290 g/mol. The van der Waals surface area contributed by atoms with Gasteiger partial charge < -0.3 is 11.1 Å². The maximum Gasteiger partial charge on any atom is 0.325 e. The summed E-state index contributed by atoms with van der Waals surface area (Å²) in [5.41, 5.74) is 8.65. The molecule has 2 rings (SSSR count). The van der Waals surface area contributed by atoms with Crippen molar-refractivity contribution in [1.29, 1.82) is 0 Å².